The highest BCUT2D eigenvalue weighted by Gasteiger charge is 2.37. The predicted octanol–water partition coefficient (Wildman–Crippen LogP) is 8.49. The number of hydrogen-bond acceptors (Lipinski definition) is 1. The highest BCUT2D eigenvalue weighted by atomic mass is 14.9. The fourth-order valence-electron chi connectivity index (χ4n) is 5.33. The summed E-state index contributed by atoms with van der Waals surface area (Å²) in [5.74, 6) is 3.43. The molecule has 1 N–H and O–H groups in total. The highest BCUT2D eigenvalue weighted by Crippen LogP contribution is 2.49. The summed E-state index contributed by atoms with van der Waals surface area (Å²) in [7, 11) is 0. The average molecular weight is 394 g/mol. The van der Waals surface area contributed by atoms with E-state index in [9.17, 15) is 0 Å². The maximum absolute atomic E-state index is 3.93. The quantitative estimate of drug-likeness (QED) is 0.478. The lowest BCUT2D eigenvalue weighted by Gasteiger charge is -2.18. The third kappa shape index (κ3) is 5.44. The Morgan fingerprint density at radius 3 is 2.28 bits per heavy atom. The van der Waals surface area contributed by atoms with Gasteiger partial charge >= 0.3 is 0 Å². The van der Waals surface area contributed by atoms with E-state index in [4.69, 9.17) is 0 Å². The number of fused-ring (bicyclic) bond motifs is 2. The Kier molecular flexibility index (Phi) is 8.80. The molecule has 0 amide bonds. The lowest BCUT2D eigenvalue weighted by molar-refractivity contribution is 0.324. The maximum atomic E-state index is 3.93. The zero-order valence-corrected chi connectivity index (χ0v) is 20.0. The molecule has 0 saturated heterocycles. The largest absolute Gasteiger partial charge is 0.385 e. The fraction of sp³-hybridized carbons (Fsp3) is 0.571. The second kappa shape index (κ2) is 10.9. The molecule has 0 aliphatic heterocycles. The van der Waals surface area contributed by atoms with Gasteiger partial charge < -0.3 is 5.32 Å². The minimum absolute atomic E-state index is 0.946. The van der Waals surface area contributed by atoms with Crippen molar-refractivity contribution in [1.29, 1.82) is 0 Å². The second-order valence-corrected chi connectivity index (χ2v) is 9.02. The van der Waals surface area contributed by atoms with Crippen LogP contribution in [0.25, 0.3) is 5.57 Å². The van der Waals surface area contributed by atoms with E-state index in [1.54, 1.807) is 25.7 Å². The Morgan fingerprint density at radius 2 is 1.83 bits per heavy atom. The van der Waals surface area contributed by atoms with Crippen LogP contribution in [0.2, 0.25) is 0 Å². The number of rotatable bonds is 6. The van der Waals surface area contributed by atoms with Crippen LogP contribution in [0, 0.1) is 31.6 Å². The summed E-state index contributed by atoms with van der Waals surface area (Å²) >= 11 is 0. The zero-order chi connectivity index (χ0) is 21.6. The van der Waals surface area contributed by atoms with Crippen molar-refractivity contribution in [2.24, 2.45) is 17.8 Å². The van der Waals surface area contributed by atoms with E-state index >= 15 is 0 Å². The van der Waals surface area contributed by atoms with E-state index < -0.39 is 0 Å². The standard InChI is InChI=1S/C19H27N.C9H16/c1-8-13(4)19(14(5)9-2)17-11-12-18(20-10-3)16(7)15(17)6;1-2-8-5-7-3-4-9(8)6-7/h8-9,11-12,20H,1,10H2,2-7H3;7-9H,2-6H2,1H3/b14-9+,19-13+;. The monoisotopic (exact) mass is 393 g/mol. The SMILES string of the molecule is C=C/C(C)=C(\C(C)=C\C)c1ccc(NCC)c(C)c1C.CCC1CC2CCC1C2. The lowest BCUT2D eigenvalue weighted by Crippen LogP contribution is -2.08. The molecule has 0 aromatic heterocycles. The van der Waals surface area contributed by atoms with Crippen LogP contribution in [0.15, 0.2) is 42.0 Å². The molecule has 29 heavy (non-hydrogen) atoms. The minimum atomic E-state index is 0.946. The Labute approximate surface area is 180 Å². The molecule has 3 rings (SSSR count). The summed E-state index contributed by atoms with van der Waals surface area (Å²) in [4.78, 5) is 0. The first-order valence-corrected chi connectivity index (χ1v) is 11.7. The summed E-state index contributed by atoms with van der Waals surface area (Å²) in [6, 6.07) is 4.40. The molecule has 3 atom stereocenters. The molecule has 0 spiro atoms. The van der Waals surface area contributed by atoms with Crippen LogP contribution in [0.1, 0.15) is 83.4 Å². The van der Waals surface area contributed by atoms with Gasteiger partial charge in [-0.2, -0.15) is 0 Å². The molecule has 2 aliphatic carbocycles. The highest BCUT2D eigenvalue weighted by molar-refractivity contribution is 5.85. The molecule has 2 bridgehead atoms. The first kappa shape index (κ1) is 23.5. The van der Waals surface area contributed by atoms with E-state index in [1.807, 2.05) is 6.08 Å². The van der Waals surface area contributed by atoms with Gasteiger partial charge in [-0.1, -0.05) is 44.6 Å². The first-order chi connectivity index (χ1) is 13.9. The van der Waals surface area contributed by atoms with E-state index in [1.165, 1.54) is 45.5 Å². The van der Waals surface area contributed by atoms with E-state index in [0.717, 1.165) is 24.3 Å². The van der Waals surface area contributed by atoms with Crippen molar-refractivity contribution in [2.75, 3.05) is 11.9 Å². The van der Waals surface area contributed by atoms with Crippen LogP contribution in [0.3, 0.4) is 0 Å². The van der Waals surface area contributed by atoms with Crippen LogP contribution in [-0.4, -0.2) is 6.54 Å². The molecule has 1 aromatic carbocycles. The molecule has 1 nitrogen and oxygen atoms in total. The summed E-state index contributed by atoms with van der Waals surface area (Å²) in [6.45, 7) is 20.1. The Hall–Kier alpha value is -1.76. The molecular weight excluding hydrogens is 350 g/mol. The fourth-order valence-corrected chi connectivity index (χ4v) is 5.33. The molecule has 1 aromatic rings. The van der Waals surface area contributed by atoms with Crippen molar-refractivity contribution >= 4 is 11.3 Å². The molecular formula is C28H43N. The van der Waals surface area contributed by atoms with Gasteiger partial charge in [-0.25, -0.2) is 0 Å². The molecule has 2 saturated carbocycles. The Morgan fingerprint density at radius 1 is 1.10 bits per heavy atom. The van der Waals surface area contributed by atoms with E-state index in [0.29, 0.717) is 0 Å². The van der Waals surface area contributed by atoms with Crippen LogP contribution < -0.4 is 5.32 Å². The topological polar surface area (TPSA) is 12.0 Å². The van der Waals surface area contributed by atoms with Crippen molar-refractivity contribution in [3.05, 3.63) is 58.7 Å². The number of anilines is 1. The van der Waals surface area contributed by atoms with E-state index in [-0.39, 0.29) is 0 Å². The first-order valence-electron chi connectivity index (χ1n) is 11.7. The predicted molar refractivity (Wildman–Crippen MR) is 132 cm³/mol. The second-order valence-electron chi connectivity index (χ2n) is 9.02. The third-order valence-corrected chi connectivity index (χ3v) is 7.36. The van der Waals surface area contributed by atoms with Crippen molar-refractivity contribution in [1.82, 2.24) is 0 Å². The molecule has 3 unspecified atom stereocenters. The van der Waals surface area contributed by atoms with Gasteiger partial charge in [-0.05, 0) is 118 Å². The van der Waals surface area contributed by atoms with Crippen molar-refractivity contribution < 1.29 is 0 Å². The smallest absolute Gasteiger partial charge is 0.0372 e. The van der Waals surface area contributed by atoms with E-state index in [2.05, 4.69) is 78.6 Å². The van der Waals surface area contributed by atoms with Gasteiger partial charge in [0.25, 0.3) is 0 Å². The van der Waals surface area contributed by atoms with Crippen LogP contribution >= 0.6 is 0 Å². The lowest BCUT2D eigenvalue weighted by atomic mass is 9.87. The summed E-state index contributed by atoms with van der Waals surface area (Å²) in [5.41, 5.74) is 9.00. The summed E-state index contributed by atoms with van der Waals surface area (Å²) in [5, 5.41) is 3.42. The van der Waals surface area contributed by atoms with Gasteiger partial charge in [0.1, 0.15) is 0 Å². The van der Waals surface area contributed by atoms with Gasteiger partial charge in [-0.3, -0.25) is 0 Å². The van der Waals surface area contributed by atoms with Crippen molar-refractivity contribution in [3.63, 3.8) is 0 Å². The minimum Gasteiger partial charge on any atom is -0.385 e. The Bertz CT molecular complexity index is 765. The third-order valence-electron chi connectivity index (χ3n) is 7.36. The van der Waals surface area contributed by atoms with Gasteiger partial charge in [0.15, 0.2) is 0 Å². The average Bonchev–Trinajstić information content (AvgIpc) is 3.36. The van der Waals surface area contributed by atoms with Crippen LogP contribution in [0.4, 0.5) is 5.69 Å². The van der Waals surface area contributed by atoms with Gasteiger partial charge in [0, 0.05) is 12.2 Å². The Balaban J connectivity index is 0.000000272. The number of hydrogen-bond donors (Lipinski definition) is 1. The molecule has 0 radical (unpaired) electrons. The molecule has 160 valence electrons. The van der Waals surface area contributed by atoms with Gasteiger partial charge in [0.05, 0.1) is 0 Å². The van der Waals surface area contributed by atoms with Crippen LogP contribution in [-0.2, 0) is 0 Å². The van der Waals surface area contributed by atoms with Gasteiger partial charge in [-0.15, -0.1) is 0 Å². The molecule has 0 heterocycles. The normalized spacial score (nSPS) is 24.0. The summed E-state index contributed by atoms with van der Waals surface area (Å²) < 4.78 is 0. The summed E-state index contributed by atoms with van der Waals surface area (Å²) in [6.07, 6.45) is 11.8. The number of nitrogens with one attached hydrogen (secondary N) is 1. The number of benzene rings is 1. The maximum Gasteiger partial charge on any atom is 0.0372 e. The van der Waals surface area contributed by atoms with Crippen molar-refractivity contribution in [3.8, 4) is 0 Å². The van der Waals surface area contributed by atoms with Crippen molar-refractivity contribution in [2.45, 2.75) is 80.6 Å². The zero-order valence-electron chi connectivity index (χ0n) is 20.0. The van der Waals surface area contributed by atoms with Gasteiger partial charge in [0.2, 0.25) is 0 Å². The van der Waals surface area contributed by atoms with Crippen LogP contribution in [0.5, 0.6) is 0 Å². The number of allylic oxidation sites excluding steroid dienone is 5. The molecule has 1 heteroatoms. The molecule has 2 fully saturated rings. The molecule has 2 aliphatic rings.